The molecule has 3 aromatic rings. The van der Waals surface area contributed by atoms with Crippen LogP contribution < -0.4 is 5.32 Å². The topological polar surface area (TPSA) is 102 Å². The third-order valence-electron chi connectivity index (χ3n) is 4.02. The maximum Gasteiger partial charge on any atom is 0.326 e. The minimum atomic E-state index is -1.07. The van der Waals surface area contributed by atoms with Crippen LogP contribution >= 0.6 is 0 Å². The van der Waals surface area contributed by atoms with Crippen molar-refractivity contribution in [3.05, 3.63) is 65.9 Å². The van der Waals surface area contributed by atoms with Crippen molar-refractivity contribution in [2.75, 3.05) is 0 Å². The first-order valence-corrected chi connectivity index (χ1v) is 7.88. The van der Waals surface area contributed by atoms with Gasteiger partial charge >= 0.3 is 5.97 Å². The van der Waals surface area contributed by atoms with Crippen LogP contribution in [0.4, 0.5) is 0 Å². The number of aromatic nitrogens is 1. The fourth-order valence-corrected chi connectivity index (χ4v) is 2.79. The van der Waals surface area contributed by atoms with Gasteiger partial charge in [0, 0.05) is 29.6 Å². The Morgan fingerprint density at radius 3 is 2.60 bits per heavy atom. The number of fused-ring (bicyclic) bond motifs is 1. The van der Waals surface area contributed by atoms with E-state index in [2.05, 4.69) is 10.3 Å². The first-order chi connectivity index (χ1) is 12.0. The first kappa shape index (κ1) is 16.6. The Hall–Kier alpha value is -3.28. The van der Waals surface area contributed by atoms with Crippen LogP contribution in [-0.4, -0.2) is 33.1 Å². The Morgan fingerprint density at radius 2 is 1.88 bits per heavy atom. The zero-order valence-corrected chi connectivity index (χ0v) is 13.4. The number of phenolic OH excluding ortho intramolecular Hbond substituents is 1. The predicted octanol–water partition coefficient (Wildman–Crippen LogP) is 2.23. The van der Waals surface area contributed by atoms with E-state index in [0.29, 0.717) is 0 Å². The molecular weight excluding hydrogens is 320 g/mol. The van der Waals surface area contributed by atoms with Crippen LogP contribution in [0.2, 0.25) is 0 Å². The third-order valence-corrected chi connectivity index (χ3v) is 4.02. The van der Waals surface area contributed by atoms with Crippen LogP contribution in [-0.2, 0) is 22.4 Å². The number of carboxylic acid groups (broad SMARTS) is 1. The summed E-state index contributed by atoms with van der Waals surface area (Å²) in [5.74, 6) is -1.29. The Morgan fingerprint density at radius 1 is 1.12 bits per heavy atom. The van der Waals surface area contributed by atoms with Crippen molar-refractivity contribution < 1.29 is 19.8 Å². The van der Waals surface area contributed by atoms with Gasteiger partial charge in [-0.15, -0.1) is 0 Å². The van der Waals surface area contributed by atoms with Crippen molar-refractivity contribution in [3.63, 3.8) is 0 Å². The molecule has 1 atom stereocenters. The molecule has 0 saturated heterocycles. The fraction of sp³-hybridized carbons (Fsp3) is 0.158. The molecule has 0 bridgehead atoms. The van der Waals surface area contributed by atoms with Crippen LogP contribution in [0.25, 0.3) is 10.9 Å². The molecule has 1 aromatic heterocycles. The van der Waals surface area contributed by atoms with E-state index in [1.165, 1.54) is 0 Å². The number of carboxylic acids is 1. The molecule has 0 aliphatic carbocycles. The summed E-state index contributed by atoms with van der Waals surface area (Å²) in [5.41, 5.74) is 2.32. The highest BCUT2D eigenvalue weighted by Gasteiger charge is 2.21. The molecule has 6 heteroatoms. The number of carbonyl (C=O) groups is 2. The van der Waals surface area contributed by atoms with Crippen LogP contribution in [0.15, 0.2) is 54.7 Å². The lowest BCUT2D eigenvalue weighted by atomic mass is 10.1. The molecule has 6 nitrogen and oxygen atoms in total. The summed E-state index contributed by atoms with van der Waals surface area (Å²) < 4.78 is 0. The number of nitrogens with one attached hydrogen (secondary N) is 2. The highest BCUT2D eigenvalue weighted by molar-refractivity contribution is 5.91. The molecule has 1 heterocycles. The number of phenols is 1. The summed E-state index contributed by atoms with van der Waals surface area (Å²) in [5, 5.41) is 22.2. The van der Waals surface area contributed by atoms with Gasteiger partial charge in [0.15, 0.2) is 0 Å². The van der Waals surface area contributed by atoms with Gasteiger partial charge in [0.2, 0.25) is 5.91 Å². The van der Waals surface area contributed by atoms with E-state index in [0.717, 1.165) is 22.0 Å². The van der Waals surface area contributed by atoms with Gasteiger partial charge in [0.05, 0.1) is 6.42 Å². The number of H-pyrrole nitrogens is 1. The number of aromatic amines is 1. The summed E-state index contributed by atoms with van der Waals surface area (Å²) in [4.78, 5) is 26.7. The molecule has 0 spiro atoms. The number of aliphatic carboxylic acids is 1. The molecule has 0 unspecified atom stereocenters. The lowest BCUT2D eigenvalue weighted by Gasteiger charge is -2.14. The van der Waals surface area contributed by atoms with Gasteiger partial charge in [-0.3, -0.25) is 4.79 Å². The van der Waals surface area contributed by atoms with Crippen molar-refractivity contribution in [3.8, 4) is 5.75 Å². The molecule has 0 saturated carbocycles. The molecule has 0 aliphatic heterocycles. The maximum absolute atomic E-state index is 12.3. The Kier molecular flexibility index (Phi) is 4.70. The first-order valence-electron chi connectivity index (χ1n) is 7.88. The summed E-state index contributed by atoms with van der Waals surface area (Å²) in [6, 6.07) is 13.0. The van der Waals surface area contributed by atoms with Gasteiger partial charge in [-0.05, 0) is 23.3 Å². The maximum atomic E-state index is 12.3. The molecule has 128 valence electrons. The van der Waals surface area contributed by atoms with Crippen molar-refractivity contribution in [1.29, 1.82) is 0 Å². The van der Waals surface area contributed by atoms with Crippen molar-refractivity contribution in [2.45, 2.75) is 18.9 Å². The van der Waals surface area contributed by atoms with Crippen LogP contribution in [0, 0.1) is 0 Å². The lowest BCUT2D eigenvalue weighted by molar-refractivity contribution is -0.141. The number of aromatic hydroxyl groups is 1. The molecule has 3 rings (SSSR count). The van der Waals surface area contributed by atoms with Crippen molar-refractivity contribution >= 4 is 22.8 Å². The van der Waals surface area contributed by atoms with Gasteiger partial charge in [-0.2, -0.15) is 0 Å². The molecule has 1 amide bonds. The average Bonchev–Trinajstić information content (AvgIpc) is 2.97. The van der Waals surface area contributed by atoms with E-state index in [4.69, 9.17) is 0 Å². The number of hydrogen-bond acceptors (Lipinski definition) is 3. The quantitative estimate of drug-likeness (QED) is 0.553. The number of hydrogen-bond donors (Lipinski definition) is 4. The van der Waals surface area contributed by atoms with E-state index in [1.807, 2.05) is 30.3 Å². The zero-order valence-electron chi connectivity index (χ0n) is 13.4. The van der Waals surface area contributed by atoms with Gasteiger partial charge in [-0.25, -0.2) is 4.79 Å². The number of carbonyl (C=O) groups excluding carboxylic acids is 1. The van der Waals surface area contributed by atoms with E-state index in [9.17, 15) is 19.8 Å². The highest BCUT2D eigenvalue weighted by atomic mass is 16.4. The molecular formula is C19H18N2O4. The largest absolute Gasteiger partial charge is 0.508 e. The SMILES string of the molecule is O=C(Cc1c[nH]c2cc(O)ccc12)N[C@@H](Cc1ccccc1)C(=O)O. The summed E-state index contributed by atoms with van der Waals surface area (Å²) in [6.45, 7) is 0. The molecule has 2 aromatic carbocycles. The number of amides is 1. The Balaban J connectivity index is 1.70. The van der Waals surface area contributed by atoms with Crippen molar-refractivity contribution in [1.82, 2.24) is 10.3 Å². The van der Waals surface area contributed by atoms with Crippen LogP contribution in [0.1, 0.15) is 11.1 Å². The van der Waals surface area contributed by atoms with E-state index < -0.39 is 12.0 Å². The Labute approximate surface area is 144 Å². The van der Waals surface area contributed by atoms with E-state index in [-0.39, 0.29) is 24.5 Å². The second-order valence-corrected chi connectivity index (χ2v) is 5.87. The fourth-order valence-electron chi connectivity index (χ4n) is 2.79. The van der Waals surface area contributed by atoms with Crippen LogP contribution in [0.3, 0.4) is 0 Å². The Bertz CT molecular complexity index is 902. The van der Waals surface area contributed by atoms with E-state index in [1.54, 1.807) is 24.4 Å². The minimum Gasteiger partial charge on any atom is -0.508 e. The average molecular weight is 338 g/mol. The summed E-state index contributed by atoms with van der Waals surface area (Å²) in [6.07, 6.45) is 1.98. The second kappa shape index (κ2) is 7.09. The number of benzene rings is 2. The van der Waals surface area contributed by atoms with Crippen LogP contribution in [0.5, 0.6) is 5.75 Å². The highest BCUT2D eigenvalue weighted by Crippen LogP contribution is 2.22. The smallest absolute Gasteiger partial charge is 0.326 e. The van der Waals surface area contributed by atoms with Gasteiger partial charge < -0.3 is 20.5 Å². The summed E-state index contributed by atoms with van der Waals surface area (Å²) >= 11 is 0. The van der Waals surface area contributed by atoms with Gasteiger partial charge in [-0.1, -0.05) is 30.3 Å². The normalized spacial score (nSPS) is 12.0. The van der Waals surface area contributed by atoms with Gasteiger partial charge in [0.1, 0.15) is 11.8 Å². The lowest BCUT2D eigenvalue weighted by Crippen LogP contribution is -2.43. The predicted molar refractivity (Wildman–Crippen MR) is 93.4 cm³/mol. The molecule has 0 aliphatic rings. The van der Waals surface area contributed by atoms with Crippen molar-refractivity contribution in [2.24, 2.45) is 0 Å². The minimum absolute atomic E-state index is 0.0589. The summed E-state index contributed by atoms with van der Waals surface area (Å²) in [7, 11) is 0. The second-order valence-electron chi connectivity index (χ2n) is 5.87. The van der Waals surface area contributed by atoms with E-state index >= 15 is 0 Å². The molecule has 4 N–H and O–H groups in total. The molecule has 25 heavy (non-hydrogen) atoms. The number of rotatable bonds is 6. The van der Waals surface area contributed by atoms with Gasteiger partial charge in [0.25, 0.3) is 0 Å². The molecule has 0 radical (unpaired) electrons. The zero-order chi connectivity index (χ0) is 17.8. The third kappa shape index (κ3) is 3.98. The molecule has 0 fully saturated rings. The standard InChI is InChI=1S/C19H18N2O4/c22-14-6-7-15-13(11-20-16(15)10-14)9-18(23)21-17(19(24)25)8-12-4-2-1-3-5-12/h1-7,10-11,17,20,22H,8-9H2,(H,21,23)(H,24,25)/t17-/m0/s1. The monoisotopic (exact) mass is 338 g/mol.